The molecule has 1 aliphatic heterocycles. The van der Waals surface area contributed by atoms with Gasteiger partial charge in [-0.1, -0.05) is 41.9 Å². The molecule has 0 aromatic heterocycles. The van der Waals surface area contributed by atoms with Crippen molar-refractivity contribution in [3.05, 3.63) is 76.5 Å². The lowest BCUT2D eigenvalue weighted by atomic mass is 10.1. The molecule has 1 saturated heterocycles. The third kappa shape index (κ3) is 2.80. The smallest absolute Gasteiger partial charge is 0.191 e. The van der Waals surface area contributed by atoms with Gasteiger partial charge in [0.05, 0.1) is 0 Å². The topological polar surface area (TPSA) is 23.6 Å². The van der Waals surface area contributed by atoms with Crippen molar-refractivity contribution in [2.45, 2.75) is 6.42 Å². The molecule has 1 aliphatic carbocycles. The van der Waals surface area contributed by atoms with E-state index in [0.29, 0.717) is 11.4 Å². The molecule has 3 nitrogen and oxygen atoms in total. The van der Waals surface area contributed by atoms with Gasteiger partial charge >= 0.3 is 0 Å². The van der Waals surface area contributed by atoms with Crippen LogP contribution >= 0.6 is 11.6 Å². The second kappa shape index (κ2) is 6.33. The van der Waals surface area contributed by atoms with E-state index in [1.807, 2.05) is 30.5 Å². The molecular weight excluding hydrogens is 320 g/mol. The summed E-state index contributed by atoms with van der Waals surface area (Å²) in [4.78, 5) is 17.2. The quantitative estimate of drug-likeness (QED) is 0.778. The number of Topliss-reactive ketones (excluding diaryl/α,β-unsaturated/α-hetero) is 1. The minimum atomic E-state index is 0.123. The number of rotatable bonds is 2. The molecule has 4 rings (SSSR count). The molecular formula is C20H19ClN2O. The van der Waals surface area contributed by atoms with Gasteiger partial charge in [0.1, 0.15) is 0 Å². The van der Waals surface area contributed by atoms with Gasteiger partial charge in [-0.15, -0.1) is 0 Å². The second-order valence-corrected chi connectivity index (χ2v) is 6.69. The zero-order chi connectivity index (χ0) is 16.5. The molecule has 1 fully saturated rings. The van der Waals surface area contributed by atoms with Crippen molar-refractivity contribution < 1.29 is 4.79 Å². The summed E-state index contributed by atoms with van der Waals surface area (Å²) in [5.41, 5.74) is 3.85. The van der Waals surface area contributed by atoms with Gasteiger partial charge in [0.2, 0.25) is 0 Å². The van der Waals surface area contributed by atoms with E-state index in [-0.39, 0.29) is 5.78 Å². The van der Waals surface area contributed by atoms with E-state index >= 15 is 0 Å². The average molecular weight is 339 g/mol. The van der Waals surface area contributed by atoms with Crippen LogP contribution in [0.25, 0.3) is 0 Å². The first-order valence-electron chi connectivity index (χ1n) is 8.29. The summed E-state index contributed by atoms with van der Waals surface area (Å²) >= 11 is 6.23. The van der Waals surface area contributed by atoms with E-state index < -0.39 is 0 Å². The third-order valence-electron chi connectivity index (χ3n) is 4.80. The highest BCUT2D eigenvalue weighted by Crippen LogP contribution is 2.32. The minimum absolute atomic E-state index is 0.123. The molecule has 0 amide bonds. The first-order valence-corrected chi connectivity index (χ1v) is 8.67. The van der Waals surface area contributed by atoms with Gasteiger partial charge in [0.25, 0.3) is 0 Å². The number of halogens is 1. The fraction of sp³-hybridized carbons (Fsp3) is 0.250. The van der Waals surface area contributed by atoms with E-state index in [9.17, 15) is 4.79 Å². The van der Waals surface area contributed by atoms with Crippen molar-refractivity contribution in [2.24, 2.45) is 0 Å². The van der Waals surface area contributed by atoms with Crippen molar-refractivity contribution in [2.75, 3.05) is 31.1 Å². The van der Waals surface area contributed by atoms with Gasteiger partial charge in [-0.05, 0) is 23.8 Å². The fourth-order valence-corrected chi connectivity index (χ4v) is 3.71. The maximum atomic E-state index is 12.5. The van der Waals surface area contributed by atoms with Crippen molar-refractivity contribution >= 4 is 23.1 Å². The molecule has 0 atom stereocenters. The van der Waals surface area contributed by atoms with Crippen LogP contribution in [0.5, 0.6) is 0 Å². The molecule has 0 unspecified atom stereocenters. The van der Waals surface area contributed by atoms with E-state index in [2.05, 4.69) is 34.1 Å². The van der Waals surface area contributed by atoms with Crippen molar-refractivity contribution in [3.8, 4) is 0 Å². The summed E-state index contributed by atoms with van der Waals surface area (Å²) in [5, 5.41) is 0.693. The Balaban J connectivity index is 1.45. The molecule has 0 N–H and O–H groups in total. The Kier molecular flexibility index (Phi) is 4.03. The number of ketones is 1. The van der Waals surface area contributed by atoms with E-state index in [1.165, 1.54) is 5.69 Å². The summed E-state index contributed by atoms with van der Waals surface area (Å²) in [6.07, 6.45) is 2.69. The molecule has 0 saturated carbocycles. The maximum Gasteiger partial charge on any atom is 0.191 e. The molecule has 0 bridgehead atoms. The number of fused-ring (bicyclic) bond motifs is 1. The predicted octanol–water partition coefficient (Wildman–Crippen LogP) is 3.78. The lowest BCUT2D eigenvalue weighted by Crippen LogP contribution is -2.44. The average Bonchev–Trinajstić information content (AvgIpc) is 2.94. The molecule has 122 valence electrons. The molecule has 1 heterocycles. The van der Waals surface area contributed by atoms with Gasteiger partial charge in [-0.2, -0.15) is 0 Å². The normalized spacial score (nSPS) is 19.0. The second-order valence-electron chi connectivity index (χ2n) is 6.28. The lowest BCUT2D eigenvalue weighted by molar-refractivity contribution is 0.103. The number of nitrogens with zero attached hydrogens (tertiary/aromatic N) is 2. The van der Waals surface area contributed by atoms with Crippen LogP contribution in [0, 0.1) is 0 Å². The summed E-state index contributed by atoms with van der Waals surface area (Å²) in [6.45, 7) is 3.79. The van der Waals surface area contributed by atoms with Crippen molar-refractivity contribution in [1.29, 1.82) is 0 Å². The number of carbonyl (C=O) groups is 1. The number of allylic oxidation sites excluding steroid dienone is 1. The van der Waals surface area contributed by atoms with Crippen LogP contribution in [-0.4, -0.2) is 36.9 Å². The zero-order valence-electron chi connectivity index (χ0n) is 13.4. The standard InChI is InChI=1S/C20H19ClN2O/c21-19-8-4-7-17-18(19)13-15(20(17)24)14-22-9-11-23(12-10-22)16-5-2-1-3-6-16/h1-8,14H,9-13H2/b15-14-. The highest BCUT2D eigenvalue weighted by atomic mass is 35.5. The molecule has 24 heavy (non-hydrogen) atoms. The summed E-state index contributed by atoms with van der Waals surface area (Å²) in [5.74, 6) is 0.123. The van der Waals surface area contributed by atoms with Crippen LogP contribution in [0.2, 0.25) is 5.02 Å². The Morgan fingerprint density at radius 2 is 1.67 bits per heavy atom. The van der Waals surface area contributed by atoms with Gasteiger partial charge < -0.3 is 9.80 Å². The number of hydrogen-bond acceptors (Lipinski definition) is 3. The van der Waals surface area contributed by atoms with Crippen LogP contribution in [0.4, 0.5) is 5.69 Å². The van der Waals surface area contributed by atoms with Crippen molar-refractivity contribution in [1.82, 2.24) is 4.90 Å². The Bertz CT molecular complexity index is 793. The molecule has 0 spiro atoms. The number of carbonyl (C=O) groups excluding carboxylic acids is 1. The maximum absolute atomic E-state index is 12.5. The molecule has 2 aliphatic rings. The SMILES string of the molecule is O=C1/C(=C\N2CCN(c3ccccc3)CC2)Cc2c(Cl)cccc21. The Morgan fingerprint density at radius 3 is 2.38 bits per heavy atom. The van der Waals surface area contributed by atoms with Gasteiger partial charge in [0, 0.05) is 60.6 Å². The van der Waals surface area contributed by atoms with Crippen LogP contribution in [0.15, 0.2) is 60.3 Å². The molecule has 2 aromatic carbocycles. The number of piperazine rings is 1. The van der Waals surface area contributed by atoms with Gasteiger partial charge in [-0.25, -0.2) is 0 Å². The van der Waals surface area contributed by atoms with Gasteiger partial charge in [-0.3, -0.25) is 4.79 Å². The predicted molar refractivity (Wildman–Crippen MR) is 97.8 cm³/mol. The highest BCUT2D eigenvalue weighted by Gasteiger charge is 2.27. The lowest BCUT2D eigenvalue weighted by Gasteiger charge is -2.35. The first-order chi connectivity index (χ1) is 11.7. The third-order valence-corrected chi connectivity index (χ3v) is 5.15. The molecule has 4 heteroatoms. The first kappa shape index (κ1) is 15.3. The van der Waals surface area contributed by atoms with Crippen LogP contribution in [-0.2, 0) is 6.42 Å². The molecule has 0 radical (unpaired) electrons. The van der Waals surface area contributed by atoms with E-state index in [1.54, 1.807) is 0 Å². The summed E-state index contributed by atoms with van der Waals surface area (Å²) < 4.78 is 0. The molecule has 2 aromatic rings. The van der Waals surface area contributed by atoms with E-state index in [4.69, 9.17) is 11.6 Å². The van der Waals surface area contributed by atoms with Crippen LogP contribution in [0.3, 0.4) is 0 Å². The number of benzene rings is 2. The number of para-hydroxylation sites is 1. The monoisotopic (exact) mass is 338 g/mol. The number of hydrogen-bond donors (Lipinski definition) is 0. The summed E-state index contributed by atoms with van der Waals surface area (Å²) in [6, 6.07) is 16.1. The highest BCUT2D eigenvalue weighted by molar-refractivity contribution is 6.32. The Hall–Kier alpha value is -2.26. The number of anilines is 1. The minimum Gasteiger partial charge on any atom is -0.373 e. The van der Waals surface area contributed by atoms with Crippen LogP contribution in [0.1, 0.15) is 15.9 Å². The zero-order valence-corrected chi connectivity index (χ0v) is 14.2. The van der Waals surface area contributed by atoms with E-state index in [0.717, 1.165) is 42.9 Å². The van der Waals surface area contributed by atoms with Crippen molar-refractivity contribution in [3.63, 3.8) is 0 Å². The summed E-state index contributed by atoms with van der Waals surface area (Å²) in [7, 11) is 0. The van der Waals surface area contributed by atoms with Crippen LogP contribution < -0.4 is 4.90 Å². The Labute approximate surface area is 147 Å². The fourth-order valence-electron chi connectivity index (χ4n) is 3.47. The van der Waals surface area contributed by atoms with Gasteiger partial charge in [0.15, 0.2) is 5.78 Å². The largest absolute Gasteiger partial charge is 0.373 e. The Morgan fingerprint density at radius 1 is 0.917 bits per heavy atom.